The fourth-order valence-corrected chi connectivity index (χ4v) is 0. The van der Waals surface area contributed by atoms with Crippen LogP contribution in [0.25, 0.3) is 0 Å². The van der Waals surface area contributed by atoms with E-state index in [0.717, 1.165) is 7.11 Å². The maximum Gasteiger partial charge on any atom is 0.0967 e. The monoisotopic (exact) mass is 620 g/mol. The lowest BCUT2D eigenvalue weighted by Crippen LogP contribution is -1.25. The van der Waals surface area contributed by atoms with Gasteiger partial charge in [0.2, 0.25) is 0 Å². The lowest BCUT2D eigenvalue weighted by atomic mass is 11.8. The van der Waals surface area contributed by atoms with Crippen LogP contribution in [0.2, 0.25) is 0 Å². The molecular formula is C8H18Cl14O. The van der Waals surface area contributed by atoms with Crippen LogP contribution >= 0.6 is 162 Å². The van der Waals surface area contributed by atoms with Crippen molar-refractivity contribution in [1.29, 1.82) is 0 Å². The Morgan fingerprint density at radius 3 is 0.304 bits per heavy atom. The summed E-state index contributed by atoms with van der Waals surface area (Å²) >= 11 is 66.7. The molecule has 1 N–H and O–H groups in total. The Bertz CT molecular complexity index is 46.4. The maximum atomic E-state index is 7.00. The van der Waals surface area contributed by atoms with E-state index in [1.165, 1.54) is 0 Å². The third-order valence-electron chi connectivity index (χ3n) is 0. The summed E-state index contributed by atoms with van der Waals surface area (Å²) in [7, 11) is 1.00. The molecule has 0 rings (SSSR count). The predicted molar refractivity (Wildman–Crippen MR) is 124 cm³/mol. The van der Waals surface area contributed by atoms with Gasteiger partial charge in [-0.05, 0) is 0 Å². The Balaban J connectivity index is -0.0000000187. The minimum Gasteiger partial charge on any atom is -0.400 e. The lowest BCUT2D eigenvalue weighted by Gasteiger charge is -1.42. The van der Waals surface area contributed by atoms with Crippen LogP contribution in [0.3, 0.4) is 0 Å². The number of halogens is 14. The SMILES string of the molecule is CO.ClCCl.ClCCl.ClCCl.ClCCl.ClCCl.ClCCl.ClCCl. The Morgan fingerprint density at radius 1 is 0.304 bits per heavy atom. The number of alkyl halides is 14. The molecule has 0 aliphatic carbocycles. The minimum atomic E-state index is 0.194. The van der Waals surface area contributed by atoms with Crippen LogP contribution in [0.1, 0.15) is 0 Å². The van der Waals surface area contributed by atoms with Crippen molar-refractivity contribution >= 4 is 162 Å². The topological polar surface area (TPSA) is 20.2 Å². The van der Waals surface area contributed by atoms with Gasteiger partial charge < -0.3 is 5.11 Å². The Kier molecular flexibility index (Phi) is 295. The molecule has 0 unspecified atom stereocenters. The van der Waals surface area contributed by atoms with E-state index < -0.39 is 0 Å². The summed E-state index contributed by atoms with van der Waals surface area (Å²) in [6.45, 7) is 0. The molecule has 0 atom stereocenters. The summed E-state index contributed by atoms with van der Waals surface area (Å²) < 4.78 is 0. The van der Waals surface area contributed by atoms with Crippen molar-refractivity contribution < 1.29 is 5.11 Å². The quantitative estimate of drug-likeness (QED) is 0.266. The van der Waals surface area contributed by atoms with Crippen LogP contribution in [0.15, 0.2) is 0 Å². The summed E-state index contributed by atoms with van der Waals surface area (Å²) in [6.07, 6.45) is 0. The van der Waals surface area contributed by atoms with Crippen LogP contribution < -0.4 is 0 Å². The summed E-state index contributed by atoms with van der Waals surface area (Å²) in [4.78, 5) is 0. The maximum absolute atomic E-state index is 7.00. The molecule has 0 aromatic rings. The summed E-state index contributed by atoms with van der Waals surface area (Å²) in [6, 6.07) is 0. The second-order valence-corrected chi connectivity index (χ2v) is 6.36. The van der Waals surface area contributed by atoms with E-state index in [9.17, 15) is 0 Å². The van der Waals surface area contributed by atoms with Crippen molar-refractivity contribution in [2.24, 2.45) is 0 Å². The van der Waals surface area contributed by atoms with Crippen molar-refractivity contribution in [2.75, 3.05) is 44.5 Å². The van der Waals surface area contributed by atoms with Gasteiger partial charge in [-0.25, -0.2) is 0 Å². The molecule has 0 aliphatic heterocycles. The Hall–Kier alpha value is 4.02. The first-order chi connectivity index (χ1) is 10.9. The van der Waals surface area contributed by atoms with Gasteiger partial charge in [0.1, 0.15) is 0 Å². The second-order valence-electron chi connectivity index (χ2n) is 0.707. The average Bonchev–Trinajstić information content (AvgIpc) is 2.46. The number of hydrogen-bond donors (Lipinski definition) is 1. The van der Waals surface area contributed by atoms with Crippen molar-refractivity contribution in [2.45, 2.75) is 0 Å². The zero-order valence-corrected chi connectivity index (χ0v) is 22.3. The Labute approximate surface area is 209 Å². The highest BCUT2D eigenvalue weighted by atomic mass is 35.6. The predicted octanol–water partition coefficient (Wildman–Crippen LogP) is 9.56. The van der Waals surface area contributed by atoms with E-state index in [0.29, 0.717) is 0 Å². The molecule has 154 valence electrons. The van der Waals surface area contributed by atoms with Crippen LogP contribution in [-0.4, -0.2) is 49.6 Å². The van der Waals surface area contributed by atoms with Gasteiger partial charge in [-0.2, -0.15) is 0 Å². The molecule has 1 nitrogen and oxygen atoms in total. The molecule has 0 aliphatic rings. The Morgan fingerprint density at radius 2 is 0.304 bits per heavy atom. The second kappa shape index (κ2) is 134. The molecule has 0 aromatic heterocycles. The number of hydrogen-bond acceptors (Lipinski definition) is 1. The van der Waals surface area contributed by atoms with E-state index in [4.69, 9.17) is 168 Å². The third kappa shape index (κ3) is 929. The molecule has 15 heteroatoms. The van der Waals surface area contributed by atoms with Gasteiger partial charge in [-0.3, -0.25) is 0 Å². The standard InChI is InChI=1S/7CH2Cl2.CH4O/c7*2-1-3;1-2/h7*1H2;2H,1H3. The molecule has 0 heterocycles. The highest BCUT2D eigenvalue weighted by Gasteiger charge is 1.43. The van der Waals surface area contributed by atoms with Crippen molar-refractivity contribution in [1.82, 2.24) is 0 Å². The minimum absolute atomic E-state index is 0.194. The zero-order valence-electron chi connectivity index (χ0n) is 11.7. The van der Waals surface area contributed by atoms with Crippen molar-refractivity contribution in [3.63, 3.8) is 0 Å². The molecule has 0 fully saturated rings. The van der Waals surface area contributed by atoms with Gasteiger partial charge in [0.05, 0.1) is 37.4 Å². The molecular weight excluding hydrogens is 608 g/mol. The molecule has 0 bridgehead atoms. The van der Waals surface area contributed by atoms with Crippen molar-refractivity contribution in [3.05, 3.63) is 0 Å². The third-order valence-corrected chi connectivity index (χ3v) is 0. The van der Waals surface area contributed by atoms with E-state index >= 15 is 0 Å². The molecule has 23 heavy (non-hydrogen) atoms. The molecule has 0 radical (unpaired) electrons. The fraction of sp³-hybridized carbons (Fsp3) is 1.00. The van der Waals surface area contributed by atoms with Crippen LogP contribution in [-0.2, 0) is 0 Å². The van der Waals surface area contributed by atoms with Crippen LogP contribution in [0.4, 0.5) is 0 Å². The molecule has 0 saturated carbocycles. The molecule has 0 saturated heterocycles. The van der Waals surface area contributed by atoms with Gasteiger partial charge in [0.25, 0.3) is 0 Å². The first-order valence-corrected chi connectivity index (χ1v) is 11.7. The van der Waals surface area contributed by atoms with Crippen LogP contribution in [0, 0.1) is 0 Å². The highest BCUT2D eigenvalue weighted by molar-refractivity contribution is 6.42. The largest absolute Gasteiger partial charge is 0.400 e. The number of aliphatic hydroxyl groups is 1. The van der Waals surface area contributed by atoms with E-state index in [1.54, 1.807) is 0 Å². The van der Waals surface area contributed by atoms with Gasteiger partial charge in [0, 0.05) is 7.11 Å². The van der Waals surface area contributed by atoms with E-state index in [2.05, 4.69) is 0 Å². The van der Waals surface area contributed by atoms with Crippen LogP contribution in [0.5, 0.6) is 0 Å². The molecule has 0 aromatic carbocycles. The fourth-order valence-electron chi connectivity index (χ4n) is 0. The number of rotatable bonds is 0. The average molecular weight is 627 g/mol. The summed E-state index contributed by atoms with van der Waals surface area (Å²) in [5.41, 5.74) is 0. The normalized spacial score (nSPS) is 5.74. The lowest BCUT2D eigenvalue weighted by molar-refractivity contribution is 0.399. The van der Waals surface area contributed by atoms with Gasteiger partial charge in [0.15, 0.2) is 0 Å². The first kappa shape index (κ1) is 50.6. The van der Waals surface area contributed by atoms with E-state index in [1.807, 2.05) is 0 Å². The molecule has 0 spiro atoms. The smallest absolute Gasteiger partial charge is 0.0967 e. The zero-order chi connectivity index (χ0) is 20.9. The number of aliphatic hydroxyl groups excluding tert-OH is 1. The van der Waals surface area contributed by atoms with Gasteiger partial charge in [-0.1, -0.05) is 0 Å². The summed E-state index contributed by atoms with van der Waals surface area (Å²) in [5.74, 6) is 0. The highest BCUT2D eigenvalue weighted by Crippen LogP contribution is 1.74. The van der Waals surface area contributed by atoms with Gasteiger partial charge in [-0.15, -0.1) is 162 Å². The first-order valence-electron chi connectivity index (χ1n) is 4.19. The molecule has 0 amide bonds. The summed E-state index contributed by atoms with van der Waals surface area (Å²) in [5, 5.41) is 8.36. The van der Waals surface area contributed by atoms with E-state index in [-0.39, 0.29) is 37.4 Å². The van der Waals surface area contributed by atoms with Gasteiger partial charge >= 0.3 is 0 Å². The van der Waals surface area contributed by atoms with Crippen molar-refractivity contribution in [3.8, 4) is 0 Å².